The van der Waals surface area contributed by atoms with Gasteiger partial charge in [0, 0.05) is 18.5 Å². The SMILES string of the molecule is COc1ccc(-c2cc(CN)c3c(c2)CCO3)c(C)c1. The van der Waals surface area contributed by atoms with Gasteiger partial charge in [0.2, 0.25) is 0 Å². The molecule has 0 aliphatic carbocycles. The van der Waals surface area contributed by atoms with E-state index in [4.69, 9.17) is 15.2 Å². The fourth-order valence-corrected chi connectivity index (χ4v) is 2.78. The Labute approximate surface area is 119 Å². The highest BCUT2D eigenvalue weighted by Crippen LogP contribution is 2.36. The maximum atomic E-state index is 5.85. The summed E-state index contributed by atoms with van der Waals surface area (Å²) in [5, 5.41) is 0. The summed E-state index contributed by atoms with van der Waals surface area (Å²) in [6.07, 6.45) is 0.964. The number of hydrogen-bond donors (Lipinski definition) is 1. The smallest absolute Gasteiger partial charge is 0.127 e. The lowest BCUT2D eigenvalue weighted by Crippen LogP contribution is -2.00. The highest BCUT2D eigenvalue weighted by molar-refractivity contribution is 5.71. The zero-order chi connectivity index (χ0) is 14.1. The third kappa shape index (κ3) is 2.14. The minimum absolute atomic E-state index is 0.505. The lowest BCUT2D eigenvalue weighted by atomic mass is 9.95. The Hall–Kier alpha value is -2.00. The molecule has 2 aromatic rings. The van der Waals surface area contributed by atoms with Crippen LogP contribution in [0.2, 0.25) is 0 Å². The Morgan fingerprint density at radius 2 is 2.10 bits per heavy atom. The monoisotopic (exact) mass is 269 g/mol. The molecular weight excluding hydrogens is 250 g/mol. The van der Waals surface area contributed by atoms with Crippen LogP contribution >= 0.6 is 0 Å². The summed E-state index contributed by atoms with van der Waals surface area (Å²) in [6, 6.07) is 10.5. The van der Waals surface area contributed by atoms with Crippen molar-refractivity contribution in [3.63, 3.8) is 0 Å². The average molecular weight is 269 g/mol. The average Bonchev–Trinajstić information content (AvgIpc) is 2.94. The van der Waals surface area contributed by atoms with Gasteiger partial charge in [-0.15, -0.1) is 0 Å². The molecule has 0 amide bonds. The van der Waals surface area contributed by atoms with Crippen molar-refractivity contribution in [2.24, 2.45) is 5.73 Å². The van der Waals surface area contributed by atoms with Crippen molar-refractivity contribution in [1.82, 2.24) is 0 Å². The normalized spacial score (nSPS) is 12.9. The first-order valence-electron chi connectivity index (χ1n) is 6.86. The molecule has 0 radical (unpaired) electrons. The van der Waals surface area contributed by atoms with E-state index in [-0.39, 0.29) is 0 Å². The molecule has 0 atom stereocenters. The van der Waals surface area contributed by atoms with Crippen LogP contribution in [0.5, 0.6) is 11.5 Å². The molecule has 0 unspecified atom stereocenters. The molecule has 0 saturated heterocycles. The van der Waals surface area contributed by atoms with E-state index in [0.717, 1.165) is 30.1 Å². The molecule has 0 fully saturated rings. The Morgan fingerprint density at radius 3 is 2.80 bits per heavy atom. The minimum Gasteiger partial charge on any atom is -0.497 e. The van der Waals surface area contributed by atoms with Gasteiger partial charge in [0.1, 0.15) is 11.5 Å². The second kappa shape index (κ2) is 5.17. The van der Waals surface area contributed by atoms with Gasteiger partial charge >= 0.3 is 0 Å². The van der Waals surface area contributed by atoms with E-state index >= 15 is 0 Å². The third-order valence-corrected chi connectivity index (χ3v) is 3.83. The number of hydrogen-bond acceptors (Lipinski definition) is 3. The van der Waals surface area contributed by atoms with Gasteiger partial charge in [-0.05, 0) is 53.4 Å². The van der Waals surface area contributed by atoms with Crippen LogP contribution in [0.3, 0.4) is 0 Å². The van der Waals surface area contributed by atoms with Crippen LogP contribution < -0.4 is 15.2 Å². The number of nitrogens with two attached hydrogens (primary N) is 1. The van der Waals surface area contributed by atoms with Gasteiger partial charge in [-0.3, -0.25) is 0 Å². The van der Waals surface area contributed by atoms with Gasteiger partial charge in [0.05, 0.1) is 13.7 Å². The van der Waals surface area contributed by atoms with E-state index in [1.54, 1.807) is 7.11 Å². The number of rotatable bonds is 3. The predicted octanol–water partition coefficient (Wildman–Crippen LogP) is 3.06. The van der Waals surface area contributed by atoms with Crippen molar-refractivity contribution in [2.45, 2.75) is 19.9 Å². The fraction of sp³-hybridized carbons (Fsp3) is 0.294. The molecule has 3 heteroatoms. The number of ether oxygens (including phenoxy) is 2. The highest BCUT2D eigenvalue weighted by Gasteiger charge is 2.18. The summed E-state index contributed by atoms with van der Waals surface area (Å²) in [7, 11) is 1.69. The van der Waals surface area contributed by atoms with Crippen LogP contribution in [0.15, 0.2) is 30.3 Å². The summed E-state index contributed by atoms with van der Waals surface area (Å²) in [4.78, 5) is 0. The van der Waals surface area contributed by atoms with Gasteiger partial charge in [-0.2, -0.15) is 0 Å². The van der Waals surface area contributed by atoms with Crippen LogP contribution in [0.4, 0.5) is 0 Å². The van der Waals surface area contributed by atoms with E-state index in [2.05, 4.69) is 31.2 Å². The molecule has 3 nitrogen and oxygen atoms in total. The van der Waals surface area contributed by atoms with Gasteiger partial charge in [0.25, 0.3) is 0 Å². The summed E-state index contributed by atoms with van der Waals surface area (Å²) in [5.74, 6) is 1.87. The number of aryl methyl sites for hydroxylation is 1. The maximum absolute atomic E-state index is 5.85. The lowest BCUT2D eigenvalue weighted by molar-refractivity contribution is 0.353. The standard InChI is InChI=1S/C17H19NO2/c1-11-7-15(19-2)3-4-16(11)13-8-12-5-6-20-17(12)14(9-13)10-18/h3-4,7-9H,5-6,10,18H2,1-2H3. The van der Waals surface area contributed by atoms with Crippen LogP contribution in [0.1, 0.15) is 16.7 Å². The highest BCUT2D eigenvalue weighted by atomic mass is 16.5. The van der Waals surface area contributed by atoms with Crippen LogP contribution in [-0.2, 0) is 13.0 Å². The predicted molar refractivity (Wildman–Crippen MR) is 80.3 cm³/mol. The molecule has 0 bridgehead atoms. The molecule has 20 heavy (non-hydrogen) atoms. The Balaban J connectivity index is 2.11. The van der Waals surface area contributed by atoms with Gasteiger partial charge in [-0.1, -0.05) is 6.07 Å². The lowest BCUT2D eigenvalue weighted by Gasteiger charge is -2.12. The van der Waals surface area contributed by atoms with E-state index in [9.17, 15) is 0 Å². The number of fused-ring (bicyclic) bond motifs is 1. The van der Waals surface area contributed by atoms with Crippen LogP contribution in [0.25, 0.3) is 11.1 Å². The van der Waals surface area contributed by atoms with E-state index in [1.165, 1.54) is 22.3 Å². The number of methoxy groups -OCH3 is 1. The molecule has 1 aliphatic rings. The Morgan fingerprint density at radius 1 is 1.25 bits per heavy atom. The third-order valence-electron chi connectivity index (χ3n) is 3.83. The summed E-state index contributed by atoms with van der Waals surface area (Å²) in [5.41, 5.74) is 11.8. The second-order valence-electron chi connectivity index (χ2n) is 5.11. The number of benzene rings is 2. The fourth-order valence-electron chi connectivity index (χ4n) is 2.78. The van der Waals surface area contributed by atoms with Crippen molar-refractivity contribution < 1.29 is 9.47 Å². The maximum Gasteiger partial charge on any atom is 0.127 e. The van der Waals surface area contributed by atoms with E-state index in [0.29, 0.717) is 6.54 Å². The van der Waals surface area contributed by atoms with Crippen molar-refractivity contribution in [2.75, 3.05) is 13.7 Å². The molecule has 0 spiro atoms. The van der Waals surface area contributed by atoms with Crippen LogP contribution in [-0.4, -0.2) is 13.7 Å². The zero-order valence-electron chi connectivity index (χ0n) is 11.9. The van der Waals surface area contributed by atoms with E-state index in [1.807, 2.05) is 6.07 Å². The van der Waals surface area contributed by atoms with E-state index < -0.39 is 0 Å². The van der Waals surface area contributed by atoms with Crippen LogP contribution in [0, 0.1) is 6.92 Å². The molecular formula is C17H19NO2. The molecule has 0 saturated carbocycles. The van der Waals surface area contributed by atoms with Crippen molar-refractivity contribution in [3.05, 3.63) is 47.0 Å². The Kier molecular flexibility index (Phi) is 3.36. The second-order valence-corrected chi connectivity index (χ2v) is 5.11. The van der Waals surface area contributed by atoms with Gasteiger partial charge in [0.15, 0.2) is 0 Å². The van der Waals surface area contributed by atoms with Crippen molar-refractivity contribution >= 4 is 0 Å². The summed E-state index contributed by atoms with van der Waals surface area (Å²) in [6.45, 7) is 3.36. The molecule has 3 rings (SSSR count). The topological polar surface area (TPSA) is 44.5 Å². The molecule has 0 aromatic heterocycles. The first-order valence-corrected chi connectivity index (χ1v) is 6.86. The first kappa shape index (κ1) is 13.0. The largest absolute Gasteiger partial charge is 0.497 e. The molecule has 2 N–H and O–H groups in total. The summed E-state index contributed by atoms with van der Waals surface area (Å²) < 4.78 is 10.9. The minimum atomic E-state index is 0.505. The Bertz CT molecular complexity index is 650. The molecule has 2 aromatic carbocycles. The quantitative estimate of drug-likeness (QED) is 0.931. The first-order chi connectivity index (χ1) is 9.72. The zero-order valence-corrected chi connectivity index (χ0v) is 11.9. The molecule has 104 valence electrons. The molecule has 1 aliphatic heterocycles. The van der Waals surface area contributed by atoms with Crippen molar-refractivity contribution in [3.8, 4) is 22.6 Å². The van der Waals surface area contributed by atoms with Gasteiger partial charge < -0.3 is 15.2 Å². The summed E-state index contributed by atoms with van der Waals surface area (Å²) >= 11 is 0. The van der Waals surface area contributed by atoms with Crippen molar-refractivity contribution in [1.29, 1.82) is 0 Å². The molecule has 1 heterocycles. The van der Waals surface area contributed by atoms with Gasteiger partial charge in [-0.25, -0.2) is 0 Å².